The van der Waals surface area contributed by atoms with Gasteiger partial charge < -0.3 is 15.5 Å². The van der Waals surface area contributed by atoms with Crippen molar-refractivity contribution in [2.24, 2.45) is 5.92 Å². The number of carbonyl (C=O) groups excluding carboxylic acids is 1. The number of nitrogens with zero attached hydrogens (tertiary/aromatic N) is 3. The largest absolute Gasteiger partial charge is 0.341 e. The molecule has 0 atom stereocenters. The third-order valence-electron chi connectivity index (χ3n) is 4.16. The van der Waals surface area contributed by atoms with Gasteiger partial charge >= 0.3 is 6.03 Å². The lowest BCUT2D eigenvalue weighted by Crippen LogP contribution is -2.40. The number of nitrogens with one attached hydrogen (secondary N) is 2. The van der Waals surface area contributed by atoms with E-state index < -0.39 is 5.82 Å². The van der Waals surface area contributed by atoms with Crippen molar-refractivity contribution in [1.29, 1.82) is 0 Å². The van der Waals surface area contributed by atoms with Crippen molar-refractivity contribution in [3.63, 3.8) is 0 Å². The fourth-order valence-electron chi connectivity index (χ4n) is 2.75. The summed E-state index contributed by atoms with van der Waals surface area (Å²) in [6.07, 6.45) is 4.10. The summed E-state index contributed by atoms with van der Waals surface area (Å²) in [5, 5.41) is 5.50. The molecule has 2 amide bonds. The van der Waals surface area contributed by atoms with Crippen LogP contribution in [0, 0.1) is 17.6 Å². The average Bonchev–Trinajstić information content (AvgIpc) is 2.63. The highest BCUT2D eigenvalue weighted by Crippen LogP contribution is 2.20. The van der Waals surface area contributed by atoms with Gasteiger partial charge in [-0.15, -0.1) is 0 Å². The molecule has 1 aliphatic heterocycles. The SMILES string of the molecule is O=C(NCC1CCN(c2ncc(F)cn2)CC1)Nc1ccc(F)cc1. The highest BCUT2D eigenvalue weighted by Gasteiger charge is 2.21. The fraction of sp³-hybridized carbons (Fsp3) is 0.353. The van der Waals surface area contributed by atoms with Gasteiger partial charge in [-0.2, -0.15) is 0 Å². The molecule has 1 aliphatic rings. The monoisotopic (exact) mass is 347 g/mol. The molecule has 2 heterocycles. The van der Waals surface area contributed by atoms with Crippen molar-refractivity contribution in [2.75, 3.05) is 29.9 Å². The molecule has 25 heavy (non-hydrogen) atoms. The van der Waals surface area contributed by atoms with Crippen molar-refractivity contribution in [1.82, 2.24) is 15.3 Å². The number of benzene rings is 1. The third-order valence-corrected chi connectivity index (χ3v) is 4.16. The Morgan fingerprint density at radius 2 is 1.72 bits per heavy atom. The van der Waals surface area contributed by atoms with Crippen LogP contribution in [0.25, 0.3) is 0 Å². The minimum Gasteiger partial charge on any atom is -0.341 e. The molecule has 3 rings (SSSR count). The zero-order chi connectivity index (χ0) is 17.6. The summed E-state index contributed by atoms with van der Waals surface area (Å²) in [5.41, 5.74) is 0.544. The maximum atomic E-state index is 12.9. The summed E-state index contributed by atoms with van der Waals surface area (Å²) in [7, 11) is 0. The van der Waals surface area contributed by atoms with E-state index in [1.807, 2.05) is 4.90 Å². The first-order valence-electron chi connectivity index (χ1n) is 8.13. The predicted molar refractivity (Wildman–Crippen MR) is 90.3 cm³/mol. The van der Waals surface area contributed by atoms with E-state index in [-0.39, 0.29) is 11.8 Å². The molecule has 0 saturated carbocycles. The van der Waals surface area contributed by atoms with E-state index >= 15 is 0 Å². The molecule has 2 aromatic rings. The molecule has 2 N–H and O–H groups in total. The normalized spacial score (nSPS) is 15.0. The predicted octanol–water partition coefficient (Wildman–Crippen LogP) is 2.79. The maximum Gasteiger partial charge on any atom is 0.319 e. The van der Waals surface area contributed by atoms with E-state index in [9.17, 15) is 13.6 Å². The first kappa shape index (κ1) is 17.1. The van der Waals surface area contributed by atoms with E-state index in [1.165, 1.54) is 24.3 Å². The van der Waals surface area contributed by atoms with Gasteiger partial charge in [-0.1, -0.05) is 0 Å². The van der Waals surface area contributed by atoms with Gasteiger partial charge in [-0.25, -0.2) is 23.5 Å². The molecule has 0 unspecified atom stereocenters. The lowest BCUT2D eigenvalue weighted by Gasteiger charge is -2.31. The number of hydrogen-bond donors (Lipinski definition) is 2. The number of amides is 2. The second-order valence-electron chi connectivity index (χ2n) is 5.97. The second kappa shape index (κ2) is 7.87. The summed E-state index contributed by atoms with van der Waals surface area (Å²) in [4.78, 5) is 21.9. The van der Waals surface area contributed by atoms with Gasteiger partial charge in [0.15, 0.2) is 5.82 Å². The number of rotatable bonds is 4. The Hall–Kier alpha value is -2.77. The van der Waals surface area contributed by atoms with Gasteiger partial charge in [0.1, 0.15) is 5.82 Å². The average molecular weight is 347 g/mol. The van der Waals surface area contributed by atoms with Crippen LogP contribution in [0.3, 0.4) is 0 Å². The van der Waals surface area contributed by atoms with Crippen molar-refractivity contribution in [3.05, 3.63) is 48.3 Å². The van der Waals surface area contributed by atoms with Crippen molar-refractivity contribution >= 4 is 17.7 Å². The first-order valence-corrected chi connectivity index (χ1v) is 8.13. The lowest BCUT2D eigenvalue weighted by atomic mass is 9.97. The van der Waals surface area contributed by atoms with Gasteiger partial charge in [0.05, 0.1) is 12.4 Å². The molecule has 1 saturated heterocycles. The van der Waals surface area contributed by atoms with Crippen LogP contribution in [0.4, 0.5) is 25.2 Å². The molecule has 8 heteroatoms. The van der Waals surface area contributed by atoms with Gasteiger partial charge in [-0.05, 0) is 43.0 Å². The Balaban J connectivity index is 1.40. The Kier molecular flexibility index (Phi) is 5.37. The van der Waals surface area contributed by atoms with Gasteiger partial charge in [0, 0.05) is 25.3 Å². The molecule has 1 aromatic carbocycles. The Morgan fingerprint density at radius 1 is 1.08 bits per heavy atom. The quantitative estimate of drug-likeness (QED) is 0.892. The topological polar surface area (TPSA) is 70.2 Å². The third kappa shape index (κ3) is 4.85. The fourth-order valence-corrected chi connectivity index (χ4v) is 2.75. The number of aromatic nitrogens is 2. The number of piperidine rings is 1. The Labute approximate surface area is 144 Å². The zero-order valence-corrected chi connectivity index (χ0v) is 13.6. The molecular formula is C17H19F2N5O. The van der Waals surface area contributed by atoms with Gasteiger partial charge in [0.2, 0.25) is 5.95 Å². The van der Waals surface area contributed by atoms with Gasteiger partial charge in [0.25, 0.3) is 0 Å². The number of urea groups is 1. The highest BCUT2D eigenvalue weighted by molar-refractivity contribution is 5.89. The molecule has 1 aromatic heterocycles. The van der Waals surface area contributed by atoms with E-state index in [4.69, 9.17) is 0 Å². The maximum absolute atomic E-state index is 12.9. The summed E-state index contributed by atoms with van der Waals surface area (Å²) in [6, 6.07) is 5.30. The minimum absolute atomic E-state index is 0.309. The molecule has 132 valence electrons. The number of anilines is 2. The van der Waals surface area contributed by atoms with Crippen LogP contribution >= 0.6 is 0 Å². The number of halogens is 2. The van der Waals surface area contributed by atoms with E-state index in [0.29, 0.717) is 24.1 Å². The first-order chi connectivity index (χ1) is 12.1. The van der Waals surface area contributed by atoms with Crippen LogP contribution in [0.1, 0.15) is 12.8 Å². The Bertz CT molecular complexity index is 700. The second-order valence-corrected chi connectivity index (χ2v) is 5.97. The molecular weight excluding hydrogens is 328 g/mol. The molecule has 0 radical (unpaired) electrons. The molecule has 0 bridgehead atoms. The minimum atomic E-state index is -0.449. The molecule has 0 aliphatic carbocycles. The summed E-state index contributed by atoms with van der Waals surface area (Å²) in [6.45, 7) is 2.08. The smallest absolute Gasteiger partial charge is 0.319 e. The van der Waals surface area contributed by atoms with Crippen LogP contribution < -0.4 is 15.5 Å². The van der Waals surface area contributed by atoms with E-state index in [0.717, 1.165) is 38.3 Å². The summed E-state index contributed by atoms with van der Waals surface area (Å²) in [5.74, 6) is 0.0929. The van der Waals surface area contributed by atoms with Gasteiger partial charge in [-0.3, -0.25) is 0 Å². The van der Waals surface area contributed by atoms with Crippen molar-refractivity contribution < 1.29 is 13.6 Å². The van der Waals surface area contributed by atoms with Crippen LogP contribution in [0.15, 0.2) is 36.7 Å². The van der Waals surface area contributed by atoms with E-state index in [2.05, 4.69) is 20.6 Å². The summed E-state index contributed by atoms with van der Waals surface area (Å²) < 4.78 is 25.7. The van der Waals surface area contributed by atoms with Crippen LogP contribution in [-0.4, -0.2) is 35.6 Å². The molecule has 0 spiro atoms. The molecule has 1 fully saturated rings. The number of carbonyl (C=O) groups is 1. The highest BCUT2D eigenvalue weighted by atomic mass is 19.1. The summed E-state index contributed by atoms with van der Waals surface area (Å²) >= 11 is 0. The van der Waals surface area contributed by atoms with Crippen LogP contribution in [-0.2, 0) is 0 Å². The van der Waals surface area contributed by atoms with E-state index in [1.54, 1.807) is 0 Å². The lowest BCUT2D eigenvalue weighted by molar-refractivity contribution is 0.248. The van der Waals surface area contributed by atoms with Crippen LogP contribution in [0.2, 0.25) is 0 Å². The standard InChI is InChI=1S/C17H19F2N5O/c18-13-1-3-15(4-2-13)23-17(25)22-9-12-5-7-24(8-6-12)16-20-10-14(19)11-21-16/h1-4,10-12H,5-9H2,(H2,22,23,25). The van der Waals surface area contributed by atoms with Crippen LogP contribution in [0.5, 0.6) is 0 Å². The Morgan fingerprint density at radius 3 is 2.36 bits per heavy atom. The zero-order valence-electron chi connectivity index (χ0n) is 13.6. The molecule has 6 nitrogen and oxygen atoms in total. The van der Waals surface area contributed by atoms with Crippen molar-refractivity contribution in [3.8, 4) is 0 Å². The van der Waals surface area contributed by atoms with Crippen molar-refractivity contribution in [2.45, 2.75) is 12.8 Å². The number of hydrogen-bond acceptors (Lipinski definition) is 4.